The average molecular weight is 671 g/mol. The van der Waals surface area contributed by atoms with Crippen molar-refractivity contribution in [2.45, 2.75) is 63.7 Å². The Morgan fingerprint density at radius 2 is 1.24 bits per heavy atom. The van der Waals surface area contributed by atoms with Gasteiger partial charge in [-0.25, -0.2) is 29.5 Å². The first-order valence-corrected chi connectivity index (χ1v) is 16.1. The molecule has 0 aliphatic carbocycles. The van der Waals surface area contributed by atoms with Gasteiger partial charge in [0.15, 0.2) is 5.82 Å². The molecule has 4 aromatic rings. The van der Waals surface area contributed by atoms with Crippen LogP contribution in [0.2, 0.25) is 0 Å². The van der Waals surface area contributed by atoms with Gasteiger partial charge in [0.05, 0.1) is 43.0 Å². The lowest BCUT2D eigenvalue weighted by Gasteiger charge is -2.26. The molecule has 0 saturated carbocycles. The number of benzene rings is 1. The van der Waals surface area contributed by atoms with E-state index in [1.807, 2.05) is 24.3 Å². The molecule has 0 bridgehead atoms. The standard InChI is InChI=1S/C33H38N10O6/c1-18(38-32(46)47)30(44)42-12-4-6-25(42)28-36-16-23(40-28)20-8-10-21(11-9-20)27-34-14-22(15-35-27)24-17-37-29(41-24)26-7-5-13-43(26)31(45)19(2)39-33(48)49-3/h8-11,14-19,25-26,38H,4-7,12-13H2,1-3H3,(H,36,40)(H,37,41)(H,39,48)(H,46,47)/t18-,19-,25-,26-/m0/s1. The molecule has 2 aliphatic rings. The molecule has 1 aromatic carbocycles. The van der Waals surface area contributed by atoms with Crippen LogP contribution in [0, 0.1) is 0 Å². The van der Waals surface area contributed by atoms with Gasteiger partial charge in [-0.2, -0.15) is 0 Å². The summed E-state index contributed by atoms with van der Waals surface area (Å²) in [5, 5.41) is 13.8. The van der Waals surface area contributed by atoms with Gasteiger partial charge in [0, 0.05) is 36.6 Å². The van der Waals surface area contributed by atoms with Crippen molar-refractivity contribution in [2.24, 2.45) is 0 Å². The SMILES string of the molecule is COC(=O)N[C@@H](C)C(=O)N1CCC[C@H]1c1ncc(-c2cnc(-c3ccc(-c4cnc([C@@H]5CCCN5C(=O)[C@H](C)NC(=O)O)[nH]4)cc3)nc2)[nH]1. The van der Waals surface area contributed by atoms with Gasteiger partial charge in [0.2, 0.25) is 11.8 Å². The molecule has 2 aliphatic heterocycles. The number of nitrogens with zero attached hydrogens (tertiary/aromatic N) is 6. The highest BCUT2D eigenvalue weighted by Crippen LogP contribution is 2.34. The van der Waals surface area contributed by atoms with Crippen molar-refractivity contribution in [3.63, 3.8) is 0 Å². The number of imidazole rings is 2. The number of aromatic amines is 2. The number of hydrogen-bond acceptors (Lipinski definition) is 9. The zero-order valence-corrected chi connectivity index (χ0v) is 27.3. The largest absolute Gasteiger partial charge is 0.465 e. The second-order valence-electron chi connectivity index (χ2n) is 12.1. The molecule has 5 N–H and O–H groups in total. The number of H-pyrrole nitrogens is 2. The number of methoxy groups -OCH3 is 1. The highest BCUT2D eigenvalue weighted by Gasteiger charge is 2.36. The molecule has 4 atom stereocenters. The molecular weight excluding hydrogens is 632 g/mol. The van der Waals surface area contributed by atoms with Crippen LogP contribution in [0.1, 0.15) is 63.3 Å². The minimum atomic E-state index is -1.24. The van der Waals surface area contributed by atoms with E-state index in [1.54, 1.807) is 41.5 Å². The Morgan fingerprint density at radius 3 is 1.76 bits per heavy atom. The zero-order chi connectivity index (χ0) is 34.7. The smallest absolute Gasteiger partial charge is 0.407 e. The summed E-state index contributed by atoms with van der Waals surface area (Å²) < 4.78 is 4.62. The Hall–Kier alpha value is -5.80. The van der Waals surface area contributed by atoms with Gasteiger partial charge in [-0.3, -0.25) is 9.59 Å². The molecule has 2 fully saturated rings. The van der Waals surface area contributed by atoms with Crippen LogP contribution < -0.4 is 10.6 Å². The summed E-state index contributed by atoms with van der Waals surface area (Å²) in [5.41, 5.74) is 3.98. The van der Waals surface area contributed by atoms with Crippen LogP contribution in [-0.4, -0.2) is 101 Å². The number of rotatable bonds is 9. The van der Waals surface area contributed by atoms with Gasteiger partial charge in [-0.1, -0.05) is 24.3 Å². The third-order valence-corrected chi connectivity index (χ3v) is 8.91. The number of carboxylic acid groups (broad SMARTS) is 1. The summed E-state index contributed by atoms with van der Waals surface area (Å²) >= 11 is 0. The van der Waals surface area contributed by atoms with E-state index in [4.69, 9.17) is 5.11 Å². The first kappa shape index (κ1) is 33.1. The fourth-order valence-electron chi connectivity index (χ4n) is 6.39. The van der Waals surface area contributed by atoms with Crippen LogP contribution in [0.25, 0.3) is 33.9 Å². The summed E-state index contributed by atoms with van der Waals surface area (Å²) in [6.45, 7) is 4.28. The summed E-state index contributed by atoms with van der Waals surface area (Å²) in [6, 6.07) is 5.66. The predicted octanol–water partition coefficient (Wildman–Crippen LogP) is 3.65. The Labute approximate surface area is 281 Å². The van der Waals surface area contributed by atoms with Crippen molar-refractivity contribution in [3.05, 3.63) is 60.7 Å². The molecule has 0 radical (unpaired) electrons. The summed E-state index contributed by atoms with van der Waals surface area (Å²) in [7, 11) is 1.26. The van der Waals surface area contributed by atoms with E-state index >= 15 is 0 Å². The van der Waals surface area contributed by atoms with E-state index in [0.29, 0.717) is 30.6 Å². The fraction of sp³-hybridized carbons (Fsp3) is 0.394. The monoisotopic (exact) mass is 670 g/mol. The minimum absolute atomic E-state index is 0.202. The van der Waals surface area contributed by atoms with Gasteiger partial charge < -0.3 is 40.2 Å². The summed E-state index contributed by atoms with van der Waals surface area (Å²) in [4.78, 5) is 76.8. The zero-order valence-electron chi connectivity index (χ0n) is 27.3. The van der Waals surface area contributed by atoms with E-state index in [1.165, 1.54) is 14.0 Å². The molecule has 6 rings (SSSR count). The van der Waals surface area contributed by atoms with Gasteiger partial charge in [-0.05, 0) is 45.1 Å². The molecule has 5 heterocycles. The Bertz CT molecular complexity index is 1820. The number of alkyl carbamates (subject to hydrolysis) is 1. The molecule has 4 amide bonds. The van der Waals surface area contributed by atoms with Gasteiger partial charge >= 0.3 is 12.2 Å². The van der Waals surface area contributed by atoms with E-state index in [2.05, 4.69) is 45.3 Å². The van der Waals surface area contributed by atoms with Crippen molar-refractivity contribution in [2.75, 3.05) is 20.2 Å². The topological polar surface area (TPSA) is 211 Å². The number of amides is 4. The number of carbonyl (C=O) groups is 4. The minimum Gasteiger partial charge on any atom is -0.465 e. The molecule has 0 unspecified atom stereocenters. The second-order valence-corrected chi connectivity index (χ2v) is 12.1. The van der Waals surface area contributed by atoms with Crippen LogP contribution in [0.4, 0.5) is 9.59 Å². The second kappa shape index (κ2) is 14.1. The first-order valence-electron chi connectivity index (χ1n) is 16.1. The molecule has 256 valence electrons. The number of hydrogen-bond donors (Lipinski definition) is 5. The van der Waals surface area contributed by atoms with Gasteiger partial charge in [0.1, 0.15) is 23.7 Å². The summed E-state index contributed by atoms with van der Waals surface area (Å²) in [6.07, 6.45) is 8.09. The van der Waals surface area contributed by atoms with Crippen molar-refractivity contribution >= 4 is 24.0 Å². The third-order valence-electron chi connectivity index (χ3n) is 8.91. The molecule has 0 spiro atoms. The predicted molar refractivity (Wildman–Crippen MR) is 176 cm³/mol. The van der Waals surface area contributed by atoms with E-state index in [9.17, 15) is 19.2 Å². The maximum absolute atomic E-state index is 13.0. The van der Waals surface area contributed by atoms with Crippen LogP contribution in [0.3, 0.4) is 0 Å². The highest BCUT2D eigenvalue weighted by atomic mass is 16.5. The van der Waals surface area contributed by atoms with E-state index in [0.717, 1.165) is 53.8 Å². The molecule has 49 heavy (non-hydrogen) atoms. The average Bonchev–Trinajstić information content (AvgIpc) is 3.94. The molecule has 3 aromatic heterocycles. The maximum Gasteiger partial charge on any atom is 0.407 e. The first-order chi connectivity index (χ1) is 23.6. The highest BCUT2D eigenvalue weighted by molar-refractivity contribution is 5.86. The number of nitrogens with one attached hydrogen (secondary N) is 4. The van der Waals surface area contributed by atoms with Crippen molar-refractivity contribution < 1.29 is 29.0 Å². The molecule has 16 heteroatoms. The molecule has 16 nitrogen and oxygen atoms in total. The number of carbonyl (C=O) groups excluding carboxylic acids is 3. The molecular formula is C33H38N10O6. The third kappa shape index (κ3) is 7.07. The quantitative estimate of drug-likeness (QED) is 0.174. The van der Waals surface area contributed by atoms with E-state index in [-0.39, 0.29) is 23.9 Å². The number of likely N-dealkylation sites (tertiary alicyclic amines) is 2. The van der Waals surface area contributed by atoms with Crippen molar-refractivity contribution in [3.8, 4) is 33.9 Å². The fourth-order valence-corrected chi connectivity index (χ4v) is 6.39. The number of aromatic nitrogens is 6. The van der Waals surface area contributed by atoms with E-state index < -0.39 is 24.3 Å². The van der Waals surface area contributed by atoms with Gasteiger partial charge in [-0.15, -0.1) is 0 Å². The normalized spacial score (nSPS) is 18.6. The lowest BCUT2D eigenvalue weighted by molar-refractivity contribution is -0.134. The Morgan fingerprint density at radius 1 is 0.755 bits per heavy atom. The van der Waals surface area contributed by atoms with Crippen LogP contribution in [-0.2, 0) is 14.3 Å². The van der Waals surface area contributed by atoms with Crippen LogP contribution in [0.5, 0.6) is 0 Å². The Balaban J connectivity index is 1.10. The number of ether oxygens (including phenoxy) is 1. The lowest BCUT2D eigenvalue weighted by atomic mass is 10.1. The van der Waals surface area contributed by atoms with Crippen LogP contribution in [0.15, 0.2) is 49.1 Å². The van der Waals surface area contributed by atoms with Crippen molar-refractivity contribution in [1.82, 2.24) is 50.3 Å². The van der Waals surface area contributed by atoms with Gasteiger partial charge in [0.25, 0.3) is 0 Å². The Kier molecular flexibility index (Phi) is 9.55. The maximum atomic E-state index is 13.0. The summed E-state index contributed by atoms with van der Waals surface area (Å²) in [5.74, 6) is 1.38. The van der Waals surface area contributed by atoms with Crippen LogP contribution >= 0.6 is 0 Å². The van der Waals surface area contributed by atoms with Crippen molar-refractivity contribution in [1.29, 1.82) is 0 Å². The molecule has 2 saturated heterocycles. The lowest BCUT2D eigenvalue weighted by Crippen LogP contribution is -2.46.